The Bertz CT molecular complexity index is 3070. The Hall–Kier alpha value is -9.41. The third-order valence-corrected chi connectivity index (χ3v) is 11.9. The number of carbonyl (C=O) groups excluding carboxylic acids is 1. The van der Waals surface area contributed by atoms with Gasteiger partial charge in [0, 0.05) is 22.0 Å². The first-order valence-corrected chi connectivity index (χ1v) is 21.6. The third-order valence-electron chi connectivity index (χ3n) is 11.9. The van der Waals surface area contributed by atoms with E-state index in [-0.39, 0.29) is 27.7 Å². The van der Waals surface area contributed by atoms with Gasteiger partial charge in [-0.05, 0) is 150 Å². The molecule has 9 heteroatoms. The van der Waals surface area contributed by atoms with E-state index in [9.17, 15) is 20.6 Å². The smallest absolute Gasteiger partial charge is 0.204 e. The van der Waals surface area contributed by atoms with Crippen LogP contribution in [0.1, 0.15) is 82.6 Å². The Morgan fingerprint density at radius 3 is 1.00 bits per heavy atom. The Morgan fingerprint density at radius 1 is 0.397 bits per heavy atom. The lowest BCUT2D eigenvalue weighted by atomic mass is 9.78. The van der Waals surface area contributed by atoms with Gasteiger partial charge in [-0.2, -0.15) is 15.8 Å². The van der Waals surface area contributed by atoms with Gasteiger partial charge in [-0.3, -0.25) is 4.79 Å². The van der Waals surface area contributed by atoms with Crippen LogP contribution in [0, 0.1) is 40.6 Å². The van der Waals surface area contributed by atoms with Crippen LogP contribution in [0.3, 0.4) is 0 Å². The third kappa shape index (κ3) is 9.95. The fourth-order valence-corrected chi connectivity index (χ4v) is 7.69. The molecule has 8 aromatic rings. The molecular weight excluding hydrogens is 845 g/mol. The topological polar surface area (TPSA) is 130 Å². The fourth-order valence-electron chi connectivity index (χ4n) is 7.69. The average Bonchev–Trinajstić information content (AvgIpc) is 3.37. The lowest BCUT2D eigenvalue weighted by Crippen LogP contribution is -2.18. The van der Waals surface area contributed by atoms with Crippen LogP contribution in [0.5, 0.6) is 46.0 Å². The van der Waals surface area contributed by atoms with E-state index < -0.39 is 0 Å². The quantitative estimate of drug-likeness (QED) is 0.0779. The summed E-state index contributed by atoms with van der Waals surface area (Å²) < 4.78 is 24.2. The first kappa shape index (κ1) is 45.2. The summed E-state index contributed by atoms with van der Waals surface area (Å²) in [5, 5.41) is 27.9. The molecule has 0 aliphatic heterocycles. The highest BCUT2D eigenvalue weighted by Gasteiger charge is 2.25. The predicted molar refractivity (Wildman–Crippen MR) is 260 cm³/mol. The maximum absolute atomic E-state index is 13.4. The van der Waals surface area contributed by atoms with Crippen molar-refractivity contribution >= 4 is 11.5 Å². The summed E-state index contributed by atoms with van der Waals surface area (Å²) in [6.07, 6.45) is 0. The van der Waals surface area contributed by atoms with E-state index in [0.29, 0.717) is 68.4 Å². The van der Waals surface area contributed by atoms with Gasteiger partial charge in [-0.25, -0.2) is 4.85 Å². The molecule has 0 radical (unpaired) electrons. The van der Waals surface area contributed by atoms with Crippen molar-refractivity contribution in [2.45, 2.75) is 38.5 Å². The van der Waals surface area contributed by atoms with Crippen LogP contribution >= 0.6 is 0 Å². The number of rotatable bonds is 14. The van der Waals surface area contributed by atoms with Crippen LogP contribution in [0.2, 0.25) is 0 Å². The highest BCUT2D eigenvalue weighted by Crippen LogP contribution is 2.37. The van der Waals surface area contributed by atoms with Crippen LogP contribution in [0.15, 0.2) is 182 Å². The molecule has 68 heavy (non-hydrogen) atoms. The van der Waals surface area contributed by atoms with E-state index in [1.807, 2.05) is 115 Å². The van der Waals surface area contributed by atoms with Crippen molar-refractivity contribution in [3.05, 3.63) is 243 Å². The number of ether oxygens (including phenoxy) is 4. The van der Waals surface area contributed by atoms with Crippen molar-refractivity contribution in [2.24, 2.45) is 0 Å². The second-order valence-electron chi connectivity index (χ2n) is 17.0. The molecule has 0 aromatic heterocycles. The minimum atomic E-state index is -0.327. The van der Waals surface area contributed by atoms with E-state index in [1.165, 1.54) is 0 Å². The first-order chi connectivity index (χ1) is 32.9. The summed E-state index contributed by atoms with van der Waals surface area (Å²) in [7, 11) is 0. The van der Waals surface area contributed by atoms with Gasteiger partial charge in [0.1, 0.15) is 58.1 Å². The van der Waals surface area contributed by atoms with E-state index >= 15 is 0 Å². The minimum Gasteiger partial charge on any atom is -0.457 e. The molecule has 8 rings (SSSR count). The zero-order valence-electron chi connectivity index (χ0n) is 37.7. The van der Waals surface area contributed by atoms with Gasteiger partial charge in [0.25, 0.3) is 0 Å². The number of benzene rings is 8. The molecule has 0 bridgehead atoms. The summed E-state index contributed by atoms with van der Waals surface area (Å²) in [4.78, 5) is 16.8. The molecule has 0 amide bonds. The molecule has 8 aromatic carbocycles. The van der Waals surface area contributed by atoms with E-state index in [4.69, 9.17) is 25.5 Å². The summed E-state index contributed by atoms with van der Waals surface area (Å²) in [6.45, 7) is 15.8. The van der Waals surface area contributed by atoms with Crippen LogP contribution < -0.4 is 18.9 Å². The van der Waals surface area contributed by atoms with E-state index in [0.717, 1.165) is 22.3 Å². The van der Waals surface area contributed by atoms with Gasteiger partial charge in [-0.15, -0.1) is 0 Å². The molecule has 0 saturated carbocycles. The standard InChI is InChI=1S/C59H42N4O5/c1-58(2,46-15-28-52(29-16-46)67-54-23-10-41(36-60)42(34-54)37-61)44-11-24-50(25-12-44)65-48-19-6-39(7-20-48)57(64)40-8-21-49(22-9-40)66-51-26-13-45(14-27-51)59(3,4)47-17-30-53(31-18-47)68-55-32-33-56(63-5)43(35-55)38-62/h6-35H,1-4H3. The Balaban J connectivity index is 0.831. The van der Waals surface area contributed by atoms with Crippen LogP contribution in [0.4, 0.5) is 5.69 Å². The predicted octanol–water partition coefficient (Wildman–Crippen LogP) is 14.9. The molecular formula is C59H42N4O5. The Morgan fingerprint density at radius 2 is 0.676 bits per heavy atom. The number of ketones is 1. The molecule has 0 spiro atoms. The second kappa shape index (κ2) is 19.4. The summed E-state index contributed by atoms with van der Waals surface area (Å²) in [6, 6.07) is 61.4. The summed E-state index contributed by atoms with van der Waals surface area (Å²) in [5.74, 6) is 4.64. The zero-order chi connectivity index (χ0) is 47.8. The number of hydrogen-bond acceptors (Lipinski definition) is 8. The molecule has 0 heterocycles. The highest BCUT2D eigenvalue weighted by molar-refractivity contribution is 6.09. The molecule has 9 nitrogen and oxygen atoms in total. The van der Waals surface area contributed by atoms with Gasteiger partial charge >= 0.3 is 0 Å². The minimum absolute atomic E-state index is 0.119. The number of nitriles is 3. The normalized spacial score (nSPS) is 10.9. The Kier molecular flexibility index (Phi) is 12.9. The van der Waals surface area contributed by atoms with Crippen LogP contribution in [0.25, 0.3) is 4.85 Å². The van der Waals surface area contributed by atoms with Crippen molar-refractivity contribution in [3.8, 4) is 64.2 Å². The number of carbonyl (C=O) groups is 1. The molecule has 328 valence electrons. The molecule has 0 fully saturated rings. The molecule has 0 saturated heterocycles. The maximum Gasteiger partial charge on any atom is 0.204 e. The van der Waals surface area contributed by atoms with Crippen LogP contribution in [-0.4, -0.2) is 5.78 Å². The van der Waals surface area contributed by atoms with Gasteiger partial charge in [0.05, 0.1) is 29.3 Å². The first-order valence-electron chi connectivity index (χ1n) is 21.6. The largest absolute Gasteiger partial charge is 0.457 e. The lowest BCUT2D eigenvalue weighted by Gasteiger charge is -2.26. The summed E-state index contributed by atoms with van der Waals surface area (Å²) in [5.41, 5.74) is 5.90. The Labute approximate surface area is 395 Å². The second-order valence-corrected chi connectivity index (χ2v) is 17.0. The maximum atomic E-state index is 13.4. The SMILES string of the molecule is [C-]#[N+]c1ccc(Oc2ccc(C(C)(C)c3ccc(Oc4ccc(C(=O)c5ccc(Oc6ccc(C(C)(C)c7ccc(Oc8ccc(C#N)c(C#N)c8)cc7)cc6)cc5)cc4)cc3)cc2)cc1C#N. The molecule has 0 atom stereocenters. The molecule has 0 N–H and O–H groups in total. The average molecular weight is 887 g/mol. The van der Waals surface area contributed by atoms with Crippen molar-refractivity contribution in [2.75, 3.05) is 0 Å². The monoisotopic (exact) mass is 886 g/mol. The van der Waals surface area contributed by atoms with Crippen molar-refractivity contribution in [1.29, 1.82) is 15.8 Å². The lowest BCUT2D eigenvalue weighted by molar-refractivity contribution is 0.103. The summed E-state index contributed by atoms with van der Waals surface area (Å²) >= 11 is 0. The van der Waals surface area contributed by atoms with Crippen molar-refractivity contribution in [1.82, 2.24) is 0 Å². The number of nitrogens with zero attached hydrogens (tertiary/aromatic N) is 4. The van der Waals surface area contributed by atoms with E-state index in [1.54, 1.807) is 84.9 Å². The van der Waals surface area contributed by atoms with Crippen LogP contribution in [-0.2, 0) is 10.8 Å². The fraction of sp³-hybridized carbons (Fsp3) is 0.102. The molecule has 0 aliphatic carbocycles. The van der Waals surface area contributed by atoms with Gasteiger partial charge in [0.2, 0.25) is 5.69 Å². The van der Waals surface area contributed by atoms with Crippen molar-refractivity contribution in [3.63, 3.8) is 0 Å². The molecule has 0 unspecified atom stereocenters. The zero-order valence-corrected chi connectivity index (χ0v) is 37.7. The highest BCUT2D eigenvalue weighted by atomic mass is 16.5. The number of hydrogen-bond donors (Lipinski definition) is 0. The van der Waals surface area contributed by atoms with Gasteiger partial charge < -0.3 is 18.9 Å². The van der Waals surface area contributed by atoms with Gasteiger partial charge in [0.15, 0.2) is 5.78 Å². The van der Waals surface area contributed by atoms with E-state index in [2.05, 4.69) is 32.5 Å². The van der Waals surface area contributed by atoms with Gasteiger partial charge in [-0.1, -0.05) is 82.3 Å². The van der Waals surface area contributed by atoms with Crippen molar-refractivity contribution < 1.29 is 23.7 Å². The molecule has 0 aliphatic rings.